The van der Waals surface area contributed by atoms with Crippen LogP contribution in [0.3, 0.4) is 0 Å². The molecule has 1 atom stereocenters. The van der Waals surface area contributed by atoms with Crippen molar-refractivity contribution in [3.05, 3.63) is 29.3 Å². The van der Waals surface area contributed by atoms with E-state index in [1.165, 1.54) is 0 Å². The summed E-state index contributed by atoms with van der Waals surface area (Å²) in [6, 6.07) is 6.42. The lowest BCUT2D eigenvalue weighted by Gasteiger charge is -2.34. The Labute approximate surface area is 119 Å². The molecule has 1 aromatic rings. The molecule has 2 rings (SSSR count). The standard InChI is InChI=1S/C13H19ClN2O2S/c1-15-10-12-4-2-3-9-16(12)19(17,18)13-7-5-11(14)6-8-13/h5-8,12,15H,2-4,9-10H2,1H3. The Hall–Kier alpha value is -0.620. The van der Waals surface area contributed by atoms with E-state index in [1.807, 2.05) is 7.05 Å². The summed E-state index contributed by atoms with van der Waals surface area (Å²) in [5.74, 6) is 0. The summed E-state index contributed by atoms with van der Waals surface area (Å²) >= 11 is 5.81. The number of piperidine rings is 1. The summed E-state index contributed by atoms with van der Waals surface area (Å²) in [4.78, 5) is 0.319. The lowest BCUT2D eigenvalue weighted by Crippen LogP contribution is -2.47. The Morgan fingerprint density at radius 2 is 2.00 bits per heavy atom. The van der Waals surface area contributed by atoms with E-state index in [9.17, 15) is 8.42 Å². The quantitative estimate of drug-likeness (QED) is 0.926. The molecule has 6 heteroatoms. The first-order valence-corrected chi connectivity index (χ1v) is 8.29. The van der Waals surface area contributed by atoms with E-state index in [-0.39, 0.29) is 6.04 Å². The molecule has 0 radical (unpaired) electrons. The van der Waals surface area contributed by atoms with E-state index >= 15 is 0 Å². The second-order valence-electron chi connectivity index (χ2n) is 4.78. The van der Waals surface area contributed by atoms with Crippen LogP contribution >= 0.6 is 11.6 Å². The second kappa shape index (κ2) is 6.22. The van der Waals surface area contributed by atoms with Crippen molar-refractivity contribution in [3.8, 4) is 0 Å². The molecule has 1 unspecified atom stereocenters. The summed E-state index contributed by atoms with van der Waals surface area (Å²) in [6.07, 6.45) is 2.92. The van der Waals surface area contributed by atoms with Crippen molar-refractivity contribution in [1.29, 1.82) is 0 Å². The Morgan fingerprint density at radius 1 is 1.32 bits per heavy atom. The van der Waals surface area contributed by atoms with Crippen LogP contribution in [0.1, 0.15) is 19.3 Å². The summed E-state index contributed by atoms with van der Waals surface area (Å²) in [5.41, 5.74) is 0. The highest BCUT2D eigenvalue weighted by Crippen LogP contribution is 2.25. The van der Waals surface area contributed by atoms with Gasteiger partial charge in [0, 0.05) is 24.2 Å². The lowest BCUT2D eigenvalue weighted by atomic mass is 10.1. The molecule has 1 aliphatic rings. The van der Waals surface area contributed by atoms with Gasteiger partial charge in [-0.3, -0.25) is 0 Å². The van der Waals surface area contributed by atoms with Crippen molar-refractivity contribution < 1.29 is 8.42 Å². The van der Waals surface area contributed by atoms with E-state index in [2.05, 4.69) is 5.32 Å². The van der Waals surface area contributed by atoms with Crippen LogP contribution in [0.5, 0.6) is 0 Å². The van der Waals surface area contributed by atoms with Crippen LogP contribution < -0.4 is 5.32 Å². The van der Waals surface area contributed by atoms with Crippen molar-refractivity contribution in [2.24, 2.45) is 0 Å². The minimum atomic E-state index is -3.42. The number of hydrogen-bond donors (Lipinski definition) is 1. The fraction of sp³-hybridized carbons (Fsp3) is 0.538. The fourth-order valence-electron chi connectivity index (χ4n) is 2.47. The molecule has 0 amide bonds. The van der Waals surface area contributed by atoms with Gasteiger partial charge in [-0.25, -0.2) is 8.42 Å². The van der Waals surface area contributed by atoms with Gasteiger partial charge in [-0.05, 0) is 44.2 Å². The van der Waals surface area contributed by atoms with E-state index in [0.29, 0.717) is 23.0 Å². The molecule has 0 saturated carbocycles. The second-order valence-corrected chi connectivity index (χ2v) is 7.10. The average molecular weight is 303 g/mol. The molecular formula is C13H19ClN2O2S. The van der Waals surface area contributed by atoms with Crippen LogP contribution in [0.25, 0.3) is 0 Å². The molecule has 1 fully saturated rings. The SMILES string of the molecule is CNCC1CCCCN1S(=O)(=O)c1ccc(Cl)cc1. The van der Waals surface area contributed by atoms with Gasteiger partial charge >= 0.3 is 0 Å². The monoisotopic (exact) mass is 302 g/mol. The van der Waals surface area contributed by atoms with Gasteiger partial charge in [0.1, 0.15) is 0 Å². The Bertz CT molecular complexity index is 514. The molecule has 0 aliphatic carbocycles. The van der Waals surface area contributed by atoms with Crippen LogP contribution in [0.2, 0.25) is 5.02 Å². The van der Waals surface area contributed by atoms with E-state index in [0.717, 1.165) is 19.3 Å². The Balaban J connectivity index is 2.28. The van der Waals surface area contributed by atoms with Crippen LogP contribution in [-0.4, -0.2) is 38.9 Å². The van der Waals surface area contributed by atoms with Gasteiger partial charge in [-0.15, -0.1) is 0 Å². The number of likely N-dealkylation sites (N-methyl/N-ethyl adjacent to an activating group) is 1. The largest absolute Gasteiger partial charge is 0.318 e. The molecule has 1 aliphatic heterocycles. The first-order valence-electron chi connectivity index (χ1n) is 6.47. The number of nitrogens with zero attached hydrogens (tertiary/aromatic N) is 1. The van der Waals surface area contributed by atoms with Crippen molar-refractivity contribution in [2.45, 2.75) is 30.2 Å². The van der Waals surface area contributed by atoms with E-state index in [1.54, 1.807) is 28.6 Å². The highest BCUT2D eigenvalue weighted by molar-refractivity contribution is 7.89. The number of rotatable bonds is 4. The van der Waals surface area contributed by atoms with Gasteiger partial charge in [-0.2, -0.15) is 4.31 Å². The molecule has 0 aromatic heterocycles. The molecule has 1 aromatic carbocycles. The number of sulfonamides is 1. The summed E-state index contributed by atoms with van der Waals surface area (Å²) < 4.78 is 26.9. The predicted molar refractivity (Wildman–Crippen MR) is 76.9 cm³/mol. The molecule has 106 valence electrons. The molecule has 1 N–H and O–H groups in total. The fourth-order valence-corrected chi connectivity index (χ4v) is 4.29. The molecule has 1 heterocycles. The zero-order valence-corrected chi connectivity index (χ0v) is 12.5. The van der Waals surface area contributed by atoms with E-state index < -0.39 is 10.0 Å². The molecule has 19 heavy (non-hydrogen) atoms. The number of nitrogens with one attached hydrogen (secondary N) is 1. The van der Waals surface area contributed by atoms with Crippen LogP contribution in [-0.2, 0) is 10.0 Å². The third-order valence-corrected chi connectivity index (χ3v) is 5.65. The maximum Gasteiger partial charge on any atom is 0.243 e. The normalized spacial score (nSPS) is 21.5. The molecule has 4 nitrogen and oxygen atoms in total. The van der Waals surface area contributed by atoms with Crippen molar-refractivity contribution in [2.75, 3.05) is 20.1 Å². The molecule has 0 spiro atoms. The Kier molecular flexibility index (Phi) is 4.84. The minimum absolute atomic E-state index is 0.0411. The maximum atomic E-state index is 12.6. The van der Waals surface area contributed by atoms with Crippen molar-refractivity contribution >= 4 is 21.6 Å². The average Bonchev–Trinajstić information content (AvgIpc) is 2.40. The minimum Gasteiger partial charge on any atom is -0.318 e. The van der Waals surface area contributed by atoms with Crippen molar-refractivity contribution in [3.63, 3.8) is 0 Å². The van der Waals surface area contributed by atoms with E-state index in [4.69, 9.17) is 11.6 Å². The first kappa shape index (κ1) is 14.8. The molecular weight excluding hydrogens is 284 g/mol. The summed E-state index contributed by atoms with van der Waals surface area (Å²) in [6.45, 7) is 1.28. The van der Waals surface area contributed by atoms with Gasteiger partial charge in [0.25, 0.3) is 0 Å². The zero-order valence-electron chi connectivity index (χ0n) is 11.0. The lowest BCUT2D eigenvalue weighted by molar-refractivity contribution is 0.249. The van der Waals surface area contributed by atoms with Gasteiger partial charge in [0.2, 0.25) is 10.0 Å². The summed E-state index contributed by atoms with van der Waals surface area (Å²) in [5, 5.41) is 3.62. The third kappa shape index (κ3) is 3.28. The smallest absolute Gasteiger partial charge is 0.243 e. The van der Waals surface area contributed by atoms with Gasteiger partial charge < -0.3 is 5.32 Å². The van der Waals surface area contributed by atoms with Gasteiger partial charge in [0.15, 0.2) is 0 Å². The number of benzene rings is 1. The van der Waals surface area contributed by atoms with Gasteiger partial charge in [-0.1, -0.05) is 18.0 Å². The third-order valence-electron chi connectivity index (χ3n) is 3.43. The predicted octanol–water partition coefficient (Wildman–Crippen LogP) is 2.10. The highest BCUT2D eigenvalue weighted by atomic mass is 35.5. The maximum absolute atomic E-state index is 12.6. The number of hydrogen-bond acceptors (Lipinski definition) is 3. The van der Waals surface area contributed by atoms with Crippen LogP contribution in [0.4, 0.5) is 0 Å². The Morgan fingerprint density at radius 3 is 2.63 bits per heavy atom. The van der Waals surface area contributed by atoms with Gasteiger partial charge in [0.05, 0.1) is 4.90 Å². The molecule has 1 saturated heterocycles. The zero-order chi connectivity index (χ0) is 13.9. The summed E-state index contributed by atoms with van der Waals surface area (Å²) in [7, 11) is -1.57. The number of halogens is 1. The van der Waals surface area contributed by atoms with Crippen LogP contribution in [0.15, 0.2) is 29.2 Å². The van der Waals surface area contributed by atoms with Crippen molar-refractivity contribution in [1.82, 2.24) is 9.62 Å². The topological polar surface area (TPSA) is 49.4 Å². The molecule has 0 bridgehead atoms. The van der Waals surface area contributed by atoms with Crippen LogP contribution in [0, 0.1) is 0 Å². The highest BCUT2D eigenvalue weighted by Gasteiger charge is 2.32. The first-order chi connectivity index (χ1) is 9.05.